The van der Waals surface area contributed by atoms with Gasteiger partial charge in [0.1, 0.15) is 16.8 Å². The first kappa shape index (κ1) is 12.3. The highest BCUT2D eigenvalue weighted by Gasteiger charge is 2.07. The zero-order chi connectivity index (χ0) is 11.4. The van der Waals surface area contributed by atoms with Gasteiger partial charge in [-0.25, -0.2) is 0 Å². The van der Waals surface area contributed by atoms with Crippen LogP contribution in [0.5, 0.6) is 5.75 Å². The molecular formula is C11H14ClNOS. The Hall–Kier alpha value is -0.800. The fourth-order valence-electron chi connectivity index (χ4n) is 1.16. The molecule has 0 aliphatic carbocycles. The summed E-state index contributed by atoms with van der Waals surface area (Å²) in [7, 11) is 0. The predicted molar refractivity (Wildman–Crippen MR) is 67.7 cm³/mol. The second-order valence-electron chi connectivity index (χ2n) is 3.27. The third kappa shape index (κ3) is 3.36. The smallest absolute Gasteiger partial charge is 0.145 e. The Morgan fingerprint density at radius 1 is 1.60 bits per heavy atom. The quantitative estimate of drug-likeness (QED) is 0.826. The van der Waals surface area contributed by atoms with Gasteiger partial charge in [0.15, 0.2) is 0 Å². The van der Waals surface area contributed by atoms with Crippen LogP contribution in [0.2, 0.25) is 5.02 Å². The maximum Gasteiger partial charge on any atom is 0.145 e. The van der Waals surface area contributed by atoms with Crippen molar-refractivity contribution in [1.82, 2.24) is 0 Å². The minimum atomic E-state index is -0.258. The van der Waals surface area contributed by atoms with Crippen molar-refractivity contribution in [3.8, 4) is 5.75 Å². The van der Waals surface area contributed by atoms with Crippen LogP contribution in [0.15, 0.2) is 18.2 Å². The maximum atomic E-state index is 5.99. The summed E-state index contributed by atoms with van der Waals surface area (Å²) in [4.78, 5) is 0.350. The van der Waals surface area contributed by atoms with Crippen LogP contribution in [0.3, 0.4) is 0 Å². The molecular weight excluding hydrogens is 230 g/mol. The molecule has 2 N–H and O–H groups in total. The lowest BCUT2D eigenvalue weighted by Crippen LogP contribution is -2.28. The van der Waals surface area contributed by atoms with Gasteiger partial charge in [-0.1, -0.05) is 30.7 Å². The van der Waals surface area contributed by atoms with Gasteiger partial charge in [0.2, 0.25) is 0 Å². The molecule has 1 rings (SSSR count). The highest BCUT2D eigenvalue weighted by Crippen LogP contribution is 2.23. The lowest BCUT2D eigenvalue weighted by Gasteiger charge is -2.14. The third-order valence-corrected chi connectivity index (χ3v) is 2.81. The summed E-state index contributed by atoms with van der Waals surface area (Å²) in [5.41, 5.74) is 6.52. The first-order chi connectivity index (χ1) is 7.04. The number of ether oxygens (including phenoxy) is 1. The minimum absolute atomic E-state index is 0.258. The SMILES string of the molecule is CCc1cc(OC(C)C(N)=S)ccc1Cl. The van der Waals surface area contributed by atoms with Crippen molar-refractivity contribution in [1.29, 1.82) is 0 Å². The standard InChI is InChI=1S/C11H14ClNOS/c1-3-8-6-9(4-5-10(8)12)14-7(2)11(13)15/h4-7H,3H2,1-2H3,(H2,13,15). The number of hydrogen-bond donors (Lipinski definition) is 1. The van der Waals surface area contributed by atoms with Crippen LogP contribution in [0.1, 0.15) is 19.4 Å². The Bertz CT molecular complexity index is 368. The molecule has 0 aliphatic rings. The second kappa shape index (κ2) is 5.33. The van der Waals surface area contributed by atoms with E-state index in [0.29, 0.717) is 4.99 Å². The third-order valence-electron chi connectivity index (χ3n) is 2.11. The first-order valence-electron chi connectivity index (χ1n) is 4.79. The van der Waals surface area contributed by atoms with E-state index < -0.39 is 0 Å². The monoisotopic (exact) mass is 243 g/mol. The molecule has 0 aliphatic heterocycles. The van der Waals surface area contributed by atoms with E-state index in [1.54, 1.807) is 0 Å². The molecule has 0 bridgehead atoms. The average Bonchev–Trinajstić information content (AvgIpc) is 2.20. The summed E-state index contributed by atoms with van der Waals surface area (Å²) in [5.74, 6) is 0.747. The Morgan fingerprint density at radius 3 is 2.80 bits per heavy atom. The highest BCUT2D eigenvalue weighted by atomic mass is 35.5. The molecule has 0 heterocycles. The molecule has 2 nitrogen and oxygen atoms in total. The second-order valence-corrected chi connectivity index (χ2v) is 4.15. The topological polar surface area (TPSA) is 35.2 Å². The van der Waals surface area contributed by atoms with Gasteiger partial charge >= 0.3 is 0 Å². The van der Waals surface area contributed by atoms with Crippen LogP contribution < -0.4 is 10.5 Å². The number of nitrogens with two attached hydrogens (primary N) is 1. The predicted octanol–water partition coefficient (Wildman–Crippen LogP) is 2.96. The Morgan fingerprint density at radius 2 is 2.27 bits per heavy atom. The Balaban J connectivity index is 2.83. The molecule has 15 heavy (non-hydrogen) atoms. The molecule has 1 atom stereocenters. The van der Waals surface area contributed by atoms with Crippen LogP contribution in [0.4, 0.5) is 0 Å². The summed E-state index contributed by atoms with van der Waals surface area (Å²) in [6, 6.07) is 5.55. The van der Waals surface area contributed by atoms with Crippen molar-refractivity contribution in [2.75, 3.05) is 0 Å². The van der Waals surface area contributed by atoms with E-state index >= 15 is 0 Å². The lowest BCUT2D eigenvalue weighted by atomic mass is 10.1. The van der Waals surface area contributed by atoms with Crippen molar-refractivity contribution in [3.05, 3.63) is 28.8 Å². The van der Waals surface area contributed by atoms with E-state index in [-0.39, 0.29) is 6.10 Å². The number of rotatable bonds is 4. The normalized spacial score (nSPS) is 12.2. The summed E-state index contributed by atoms with van der Waals surface area (Å²) < 4.78 is 5.55. The van der Waals surface area contributed by atoms with Gasteiger partial charge < -0.3 is 10.5 Å². The van der Waals surface area contributed by atoms with Gasteiger partial charge in [-0.05, 0) is 37.1 Å². The van der Waals surface area contributed by atoms with Crippen molar-refractivity contribution < 1.29 is 4.74 Å². The molecule has 0 saturated carbocycles. The summed E-state index contributed by atoms with van der Waals surface area (Å²) in [5, 5.41) is 0.757. The van der Waals surface area contributed by atoms with Crippen molar-refractivity contribution >= 4 is 28.8 Å². The molecule has 0 fully saturated rings. The molecule has 0 saturated heterocycles. The van der Waals surface area contributed by atoms with Crippen LogP contribution in [0.25, 0.3) is 0 Å². The van der Waals surface area contributed by atoms with Crippen LogP contribution in [-0.4, -0.2) is 11.1 Å². The molecule has 0 amide bonds. The van der Waals surface area contributed by atoms with E-state index in [2.05, 4.69) is 0 Å². The molecule has 0 radical (unpaired) electrons. The molecule has 0 spiro atoms. The van der Waals surface area contributed by atoms with Gasteiger partial charge in [-0.15, -0.1) is 0 Å². The maximum absolute atomic E-state index is 5.99. The van der Waals surface area contributed by atoms with Gasteiger partial charge in [0.05, 0.1) is 0 Å². The van der Waals surface area contributed by atoms with Gasteiger partial charge in [0, 0.05) is 5.02 Å². The fourth-order valence-corrected chi connectivity index (χ4v) is 1.46. The number of benzene rings is 1. The minimum Gasteiger partial charge on any atom is -0.484 e. The average molecular weight is 244 g/mol. The molecule has 1 aromatic rings. The zero-order valence-electron chi connectivity index (χ0n) is 8.79. The first-order valence-corrected chi connectivity index (χ1v) is 5.57. The van der Waals surface area contributed by atoms with E-state index in [4.69, 9.17) is 34.3 Å². The number of aryl methyl sites for hydroxylation is 1. The molecule has 1 unspecified atom stereocenters. The van der Waals surface area contributed by atoms with E-state index in [0.717, 1.165) is 22.8 Å². The lowest BCUT2D eigenvalue weighted by molar-refractivity contribution is 0.288. The highest BCUT2D eigenvalue weighted by molar-refractivity contribution is 7.80. The van der Waals surface area contributed by atoms with Crippen LogP contribution in [0, 0.1) is 0 Å². The van der Waals surface area contributed by atoms with Crippen molar-refractivity contribution in [2.24, 2.45) is 5.73 Å². The van der Waals surface area contributed by atoms with E-state index in [1.165, 1.54) is 0 Å². The largest absolute Gasteiger partial charge is 0.484 e. The zero-order valence-corrected chi connectivity index (χ0v) is 10.4. The fraction of sp³-hybridized carbons (Fsp3) is 0.364. The van der Waals surface area contributed by atoms with Gasteiger partial charge in [0.25, 0.3) is 0 Å². The van der Waals surface area contributed by atoms with Crippen molar-refractivity contribution in [3.63, 3.8) is 0 Å². The van der Waals surface area contributed by atoms with E-state index in [1.807, 2.05) is 32.0 Å². The van der Waals surface area contributed by atoms with Gasteiger partial charge in [-0.3, -0.25) is 0 Å². The molecule has 4 heteroatoms. The van der Waals surface area contributed by atoms with Crippen molar-refractivity contribution in [2.45, 2.75) is 26.4 Å². The van der Waals surface area contributed by atoms with E-state index in [9.17, 15) is 0 Å². The Kier molecular flexibility index (Phi) is 4.36. The van der Waals surface area contributed by atoms with Gasteiger partial charge in [-0.2, -0.15) is 0 Å². The Labute approximate surface area is 100 Å². The molecule has 0 aromatic heterocycles. The summed E-state index contributed by atoms with van der Waals surface area (Å²) in [6.45, 7) is 3.87. The molecule has 82 valence electrons. The van der Waals surface area contributed by atoms with Crippen LogP contribution >= 0.6 is 23.8 Å². The summed E-state index contributed by atoms with van der Waals surface area (Å²) in [6.07, 6.45) is 0.614. The number of thiocarbonyl (C=S) groups is 1. The number of hydrogen-bond acceptors (Lipinski definition) is 2. The number of halogens is 1. The molecule has 1 aromatic carbocycles. The van der Waals surface area contributed by atoms with Crippen LogP contribution in [-0.2, 0) is 6.42 Å². The summed E-state index contributed by atoms with van der Waals surface area (Å²) >= 11 is 10.8.